The van der Waals surface area contributed by atoms with Crippen molar-refractivity contribution in [1.82, 2.24) is 0 Å². The van der Waals surface area contributed by atoms with Crippen LogP contribution in [-0.4, -0.2) is 17.3 Å². The smallest absolute Gasteiger partial charge is 0.171 e. The minimum Gasteiger partial charge on any atom is -0.231 e. The lowest BCUT2D eigenvalue weighted by Gasteiger charge is -2.15. The third-order valence-corrected chi connectivity index (χ3v) is 4.12. The summed E-state index contributed by atoms with van der Waals surface area (Å²) in [6.45, 7) is 4.13. The molecule has 0 amide bonds. The van der Waals surface area contributed by atoms with Crippen molar-refractivity contribution >= 4 is 17.8 Å². The van der Waals surface area contributed by atoms with E-state index in [-0.39, 0.29) is 0 Å². The van der Waals surface area contributed by atoms with Crippen molar-refractivity contribution in [3.8, 4) is 0 Å². The molecule has 0 fully saturated rings. The molecule has 1 nitrogen and oxygen atoms in total. The summed E-state index contributed by atoms with van der Waals surface area (Å²) in [5, 5.41) is 0.853. The van der Waals surface area contributed by atoms with Crippen LogP contribution in [0.5, 0.6) is 0 Å². The van der Waals surface area contributed by atoms with E-state index in [1.165, 1.54) is 22.3 Å². The van der Waals surface area contributed by atoms with Gasteiger partial charge in [-0.1, -0.05) is 41.9 Å². The highest BCUT2D eigenvalue weighted by Gasteiger charge is 2.18. The summed E-state index contributed by atoms with van der Waals surface area (Å²) < 4.78 is 2.35. The van der Waals surface area contributed by atoms with Gasteiger partial charge in [0.05, 0.1) is 5.02 Å². The quantitative estimate of drug-likeness (QED) is 0.730. The Labute approximate surface area is 119 Å². The standard InChI is InChI=1S/C17H17ClN/c1-13-5-4-7-14-11-19(10-9-16(13)14)12-15-6-2-3-8-17(15)18/h2-8,11H,9-10,12H2,1H3/q+1. The first-order valence-electron chi connectivity index (χ1n) is 6.65. The molecule has 0 aromatic heterocycles. The van der Waals surface area contributed by atoms with Gasteiger partial charge in [-0.25, -0.2) is 4.58 Å². The molecular formula is C17H17ClN+. The fourth-order valence-electron chi connectivity index (χ4n) is 2.67. The van der Waals surface area contributed by atoms with Crippen LogP contribution in [0.1, 0.15) is 22.3 Å². The van der Waals surface area contributed by atoms with E-state index < -0.39 is 0 Å². The Morgan fingerprint density at radius 2 is 1.95 bits per heavy atom. The Bertz CT molecular complexity index is 643. The van der Waals surface area contributed by atoms with Crippen molar-refractivity contribution in [1.29, 1.82) is 0 Å². The molecule has 2 heteroatoms. The van der Waals surface area contributed by atoms with Gasteiger partial charge in [-0.2, -0.15) is 0 Å². The van der Waals surface area contributed by atoms with Crippen LogP contribution in [0.4, 0.5) is 0 Å². The Balaban J connectivity index is 1.90. The number of halogens is 1. The first-order chi connectivity index (χ1) is 9.24. The zero-order chi connectivity index (χ0) is 13.2. The number of aryl methyl sites for hydroxylation is 1. The highest BCUT2D eigenvalue weighted by molar-refractivity contribution is 6.31. The molecule has 0 unspecified atom stereocenters. The Morgan fingerprint density at radius 1 is 1.11 bits per heavy atom. The zero-order valence-corrected chi connectivity index (χ0v) is 11.8. The highest BCUT2D eigenvalue weighted by Crippen LogP contribution is 2.19. The summed E-state index contributed by atoms with van der Waals surface area (Å²) in [5.74, 6) is 0. The largest absolute Gasteiger partial charge is 0.231 e. The predicted molar refractivity (Wildman–Crippen MR) is 80.3 cm³/mol. The summed E-state index contributed by atoms with van der Waals surface area (Å²) >= 11 is 6.23. The SMILES string of the molecule is Cc1cccc2c1CC[N+](Cc1ccccc1Cl)=C2. The molecule has 1 heterocycles. The van der Waals surface area contributed by atoms with Gasteiger partial charge in [0.2, 0.25) is 0 Å². The maximum Gasteiger partial charge on any atom is 0.171 e. The van der Waals surface area contributed by atoms with Crippen LogP contribution in [0, 0.1) is 6.92 Å². The average molecular weight is 271 g/mol. The Morgan fingerprint density at radius 3 is 2.79 bits per heavy atom. The molecular weight excluding hydrogens is 254 g/mol. The molecule has 0 radical (unpaired) electrons. The summed E-state index contributed by atoms with van der Waals surface area (Å²) in [6.07, 6.45) is 3.37. The van der Waals surface area contributed by atoms with Crippen LogP contribution in [-0.2, 0) is 13.0 Å². The van der Waals surface area contributed by atoms with Gasteiger partial charge in [0, 0.05) is 17.5 Å². The van der Waals surface area contributed by atoms with E-state index in [0.717, 1.165) is 24.5 Å². The maximum atomic E-state index is 6.23. The number of nitrogens with zero attached hydrogens (tertiary/aromatic N) is 1. The van der Waals surface area contributed by atoms with E-state index in [2.05, 4.69) is 42.0 Å². The number of rotatable bonds is 2. The molecule has 0 saturated heterocycles. The molecule has 2 aromatic carbocycles. The second-order valence-corrected chi connectivity index (χ2v) is 5.49. The second-order valence-electron chi connectivity index (χ2n) is 5.08. The zero-order valence-electron chi connectivity index (χ0n) is 11.1. The monoisotopic (exact) mass is 270 g/mol. The lowest BCUT2D eigenvalue weighted by molar-refractivity contribution is -0.540. The fraction of sp³-hybridized carbons (Fsp3) is 0.235. The Hall–Kier alpha value is -1.60. The lowest BCUT2D eigenvalue weighted by Crippen LogP contribution is -2.23. The molecule has 19 heavy (non-hydrogen) atoms. The molecule has 1 aliphatic rings. The minimum atomic E-state index is 0.853. The second kappa shape index (κ2) is 5.18. The van der Waals surface area contributed by atoms with E-state index >= 15 is 0 Å². The van der Waals surface area contributed by atoms with Gasteiger partial charge in [-0.05, 0) is 30.2 Å². The topological polar surface area (TPSA) is 3.01 Å². The Kier molecular flexibility index (Phi) is 3.39. The van der Waals surface area contributed by atoms with E-state index in [9.17, 15) is 0 Å². The van der Waals surface area contributed by atoms with Crippen LogP contribution in [0.25, 0.3) is 0 Å². The first-order valence-corrected chi connectivity index (χ1v) is 7.02. The normalized spacial score (nSPS) is 13.9. The van der Waals surface area contributed by atoms with Crippen molar-refractivity contribution < 1.29 is 4.58 Å². The summed E-state index contributed by atoms with van der Waals surface area (Å²) in [7, 11) is 0. The molecule has 0 saturated carbocycles. The molecule has 0 aliphatic carbocycles. The van der Waals surface area contributed by atoms with Gasteiger partial charge in [-0.3, -0.25) is 0 Å². The van der Waals surface area contributed by atoms with Crippen LogP contribution in [0.15, 0.2) is 42.5 Å². The van der Waals surface area contributed by atoms with Crippen molar-refractivity contribution in [2.24, 2.45) is 0 Å². The molecule has 0 bridgehead atoms. The number of fused-ring (bicyclic) bond motifs is 1. The third-order valence-electron chi connectivity index (χ3n) is 3.75. The summed E-state index contributed by atoms with van der Waals surface area (Å²) in [5.41, 5.74) is 5.42. The van der Waals surface area contributed by atoms with E-state index in [4.69, 9.17) is 11.6 Å². The van der Waals surface area contributed by atoms with Crippen molar-refractivity contribution in [3.05, 3.63) is 69.7 Å². The highest BCUT2D eigenvalue weighted by atomic mass is 35.5. The fourth-order valence-corrected chi connectivity index (χ4v) is 2.87. The molecule has 0 N–H and O–H groups in total. The third kappa shape index (κ3) is 2.57. The van der Waals surface area contributed by atoms with Crippen LogP contribution in [0.2, 0.25) is 5.02 Å². The molecule has 3 rings (SSSR count). The van der Waals surface area contributed by atoms with Crippen LogP contribution < -0.4 is 0 Å². The van der Waals surface area contributed by atoms with Gasteiger partial charge in [0.25, 0.3) is 0 Å². The van der Waals surface area contributed by atoms with E-state index in [1.807, 2.05) is 18.2 Å². The van der Waals surface area contributed by atoms with E-state index in [1.54, 1.807) is 0 Å². The minimum absolute atomic E-state index is 0.853. The summed E-state index contributed by atoms with van der Waals surface area (Å²) in [4.78, 5) is 0. The van der Waals surface area contributed by atoms with Crippen molar-refractivity contribution in [2.45, 2.75) is 19.9 Å². The van der Waals surface area contributed by atoms with Crippen LogP contribution in [0.3, 0.4) is 0 Å². The first kappa shape index (κ1) is 12.4. The predicted octanol–water partition coefficient (Wildman–Crippen LogP) is 3.84. The van der Waals surface area contributed by atoms with Gasteiger partial charge in [-0.15, -0.1) is 0 Å². The number of benzene rings is 2. The van der Waals surface area contributed by atoms with E-state index in [0.29, 0.717) is 0 Å². The molecule has 2 aromatic rings. The average Bonchev–Trinajstić information content (AvgIpc) is 2.42. The van der Waals surface area contributed by atoms with Crippen LogP contribution >= 0.6 is 11.6 Å². The van der Waals surface area contributed by atoms with Gasteiger partial charge in [0.1, 0.15) is 6.54 Å². The van der Waals surface area contributed by atoms with Gasteiger partial charge >= 0.3 is 0 Å². The van der Waals surface area contributed by atoms with Gasteiger partial charge < -0.3 is 0 Å². The molecule has 96 valence electrons. The number of hydrogen-bond acceptors (Lipinski definition) is 0. The number of hydrogen-bond donors (Lipinski definition) is 0. The molecule has 0 spiro atoms. The summed E-state index contributed by atoms with van der Waals surface area (Å²) in [6, 6.07) is 14.6. The molecule has 1 aliphatic heterocycles. The molecule has 0 atom stereocenters. The van der Waals surface area contributed by atoms with Crippen molar-refractivity contribution in [2.75, 3.05) is 6.54 Å². The lowest BCUT2D eigenvalue weighted by atomic mass is 9.97. The van der Waals surface area contributed by atoms with Gasteiger partial charge in [0.15, 0.2) is 12.8 Å². The van der Waals surface area contributed by atoms with Crippen molar-refractivity contribution in [3.63, 3.8) is 0 Å². The maximum absolute atomic E-state index is 6.23.